The summed E-state index contributed by atoms with van der Waals surface area (Å²) in [5.74, 6) is 0. The van der Waals surface area contributed by atoms with Gasteiger partial charge in [0.25, 0.3) is 0 Å². The van der Waals surface area contributed by atoms with E-state index in [4.69, 9.17) is 4.74 Å². The molecule has 2 saturated heterocycles. The van der Waals surface area contributed by atoms with Crippen molar-refractivity contribution in [2.45, 2.75) is 39.3 Å². The maximum absolute atomic E-state index is 5.67. The zero-order valence-corrected chi connectivity index (χ0v) is 9.75. The number of hydrogen-bond acceptors (Lipinski definition) is 3. The van der Waals surface area contributed by atoms with Crippen molar-refractivity contribution in [1.29, 1.82) is 0 Å². The van der Waals surface area contributed by atoms with E-state index in [0.29, 0.717) is 12.1 Å². The molecule has 2 atom stereocenters. The number of hydrogen-bond donors (Lipinski definition) is 1. The molecule has 0 bridgehead atoms. The Bertz CT molecular complexity index is 138. The lowest BCUT2D eigenvalue weighted by molar-refractivity contribution is 0.0177. The molecule has 1 N–H and O–H groups in total. The lowest BCUT2D eigenvalue weighted by Gasteiger charge is -2.25. The predicted octanol–water partition coefficient (Wildman–Crippen LogP) is 1.10. The minimum atomic E-state index is 0.463. The highest BCUT2D eigenvalue weighted by atomic mass is 16.5. The SMILES string of the molecule is CC.CCCN1CC2NCCOC2C1. The molecule has 2 aliphatic heterocycles. The van der Waals surface area contributed by atoms with E-state index in [1.807, 2.05) is 13.8 Å². The van der Waals surface area contributed by atoms with Gasteiger partial charge in [-0.2, -0.15) is 0 Å². The Kier molecular flexibility index (Phi) is 5.45. The number of fused-ring (bicyclic) bond motifs is 1. The van der Waals surface area contributed by atoms with Gasteiger partial charge in [0.05, 0.1) is 12.7 Å². The van der Waals surface area contributed by atoms with Crippen molar-refractivity contribution in [3.8, 4) is 0 Å². The van der Waals surface area contributed by atoms with Gasteiger partial charge in [0.1, 0.15) is 0 Å². The maximum Gasteiger partial charge on any atom is 0.0867 e. The number of ether oxygens (including phenoxy) is 1. The molecule has 2 aliphatic rings. The molecule has 0 aromatic carbocycles. The number of likely N-dealkylation sites (tertiary alicyclic amines) is 1. The lowest BCUT2D eigenvalue weighted by atomic mass is 10.2. The first-order valence-electron chi connectivity index (χ1n) is 5.97. The Balaban J connectivity index is 0.000000461. The van der Waals surface area contributed by atoms with Crippen LogP contribution >= 0.6 is 0 Å². The second-order valence-electron chi connectivity index (χ2n) is 3.73. The molecule has 2 heterocycles. The Morgan fingerprint density at radius 1 is 1.36 bits per heavy atom. The Labute approximate surface area is 87.8 Å². The summed E-state index contributed by atoms with van der Waals surface area (Å²) in [5, 5.41) is 3.50. The molecule has 84 valence electrons. The summed E-state index contributed by atoms with van der Waals surface area (Å²) in [6.07, 6.45) is 1.71. The monoisotopic (exact) mass is 200 g/mol. The summed E-state index contributed by atoms with van der Waals surface area (Å²) < 4.78 is 5.67. The highest BCUT2D eigenvalue weighted by molar-refractivity contribution is 4.92. The molecular formula is C11H24N2O. The number of morpholine rings is 1. The molecule has 0 spiro atoms. The van der Waals surface area contributed by atoms with E-state index in [2.05, 4.69) is 17.1 Å². The summed E-state index contributed by atoms with van der Waals surface area (Å²) >= 11 is 0. The molecular weight excluding hydrogens is 176 g/mol. The van der Waals surface area contributed by atoms with Gasteiger partial charge in [-0.25, -0.2) is 0 Å². The molecule has 2 fully saturated rings. The van der Waals surface area contributed by atoms with Gasteiger partial charge in [0.2, 0.25) is 0 Å². The zero-order chi connectivity index (χ0) is 10.4. The molecule has 2 rings (SSSR count). The Hall–Kier alpha value is -0.120. The lowest BCUT2D eigenvalue weighted by Crippen LogP contribution is -2.47. The van der Waals surface area contributed by atoms with E-state index in [0.717, 1.165) is 19.7 Å². The highest BCUT2D eigenvalue weighted by Gasteiger charge is 2.34. The Morgan fingerprint density at radius 3 is 2.79 bits per heavy atom. The van der Waals surface area contributed by atoms with Crippen LogP contribution in [0.5, 0.6) is 0 Å². The summed E-state index contributed by atoms with van der Waals surface area (Å²) in [6.45, 7) is 11.7. The molecule has 2 unspecified atom stereocenters. The molecule has 3 nitrogen and oxygen atoms in total. The molecule has 14 heavy (non-hydrogen) atoms. The first-order valence-corrected chi connectivity index (χ1v) is 5.97. The van der Waals surface area contributed by atoms with Crippen LogP contribution in [0.2, 0.25) is 0 Å². The first kappa shape index (κ1) is 12.0. The van der Waals surface area contributed by atoms with Gasteiger partial charge in [-0.1, -0.05) is 20.8 Å². The van der Waals surface area contributed by atoms with Crippen LogP contribution in [0.25, 0.3) is 0 Å². The number of rotatable bonds is 2. The van der Waals surface area contributed by atoms with Crippen LogP contribution in [0.3, 0.4) is 0 Å². The van der Waals surface area contributed by atoms with Gasteiger partial charge in [-0.3, -0.25) is 4.90 Å². The summed E-state index contributed by atoms with van der Waals surface area (Å²) in [7, 11) is 0. The van der Waals surface area contributed by atoms with Gasteiger partial charge in [0, 0.05) is 25.7 Å². The molecule has 0 aromatic rings. The van der Waals surface area contributed by atoms with E-state index >= 15 is 0 Å². The van der Waals surface area contributed by atoms with Crippen LogP contribution in [0, 0.1) is 0 Å². The van der Waals surface area contributed by atoms with Crippen molar-refractivity contribution in [1.82, 2.24) is 10.2 Å². The third-order valence-corrected chi connectivity index (χ3v) is 2.72. The standard InChI is InChI=1S/C9H18N2O.C2H6/c1-2-4-11-6-8-9(7-11)12-5-3-10-8;1-2/h8-10H,2-7H2,1H3;1-2H3. The predicted molar refractivity (Wildman–Crippen MR) is 59.6 cm³/mol. The third kappa shape index (κ3) is 2.94. The van der Waals surface area contributed by atoms with Crippen LogP contribution in [0.15, 0.2) is 0 Å². The van der Waals surface area contributed by atoms with Gasteiger partial charge >= 0.3 is 0 Å². The van der Waals surface area contributed by atoms with Gasteiger partial charge in [0.15, 0.2) is 0 Å². The molecule has 0 saturated carbocycles. The first-order chi connectivity index (χ1) is 6.90. The van der Waals surface area contributed by atoms with Crippen molar-refractivity contribution in [3.05, 3.63) is 0 Å². The van der Waals surface area contributed by atoms with Gasteiger partial charge < -0.3 is 10.1 Å². The topological polar surface area (TPSA) is 24.5 Å². The Morgan fingerprint density at radius 2 is 2.14 bits per heavy atom. The van der Waals surface area contributed by atoms with Gasteiger partial charge in [-0.05, 0) is 13.0 Å². The average molecular weight is 200 g/mol. The molecule has 0 radical (unpaired) electrons. The largest absolute Gasteiger partial charge is 0.374 e. The number of nitrogens with one attached hydrogen (secondary N) is 1. The quantitative estimate of drug-likeness (QED) is 0.722. The van der Waals surface area contributed by atoms with Crippen molar-refractivity contribution in [3.63, 3.8) is 0 Å². The van der Waals surface area contributed by atoms with Crippen LogP contribution in [-0.4, -0.2) is 49.8 Å². The fourth-order valence-corrected chi connectivity index (χ4v) is 2.17. The normalized spacial score (nSPS) is 31.9. The van der Waals surface area contributed by atoms with Crippen molar-refractivity contribution < 1.29 is 4.74 Å². The van der Waals surface area contributed by atoms with Crippen LogP contribution < -0.4 is 5.32 Å². The van der Waals surface area contributed by atoms with Crippen molar-refractivity contribution >= 4 is 0 Å². The zero-order valence-electron chi connectivity index (χ0n) is 9.75. The fraction of sp³-hybridized carbons (Fsp3) is 1.00. The van der Waals surface area contributed by atoms with Crippen LogP contribution in [-0.2, 0) is 4.74 Å². The van der Waals surface area contributed by atoms with Crippen LogP contribution in [0.4, 0.5) is 0 Å². The number of nitrogens with zero attached hydrogens (tertiary/aromatic N) is 1. The molecule has 3 heteroatoms. The third-order valence-electron chi connectivity index (χ3n) is 2.72. The summed E-state index contributed by atoms with van der Waals surface area (Å²) in [5.41, 5.74) is 0. The fourth-order valence-electron chi connectivity index (χ4n) is 2.17. The molecule has 0 amide bonds. The second kappa shape index (κ2) is 6.38. The smallest absolute Gasteiger partial charge is 0.0867 e. The molecule has 0 aromatic heterocycles. The van der Waals surface area contributed by atoms with E-state index < -0.39 is 0 Å². The van der Waals surface area contributed by atoms with Gasteiger partial charge in [-0.15, -0.1) is 0 Å². The average Bonchev–Trinajstić information content (AvgIpc) is 2.63. The van der Waals surface area contributed by atoms with Crippen molar-refractivity contribution in [2.75, 3.05) is 32.8 Å². The van der Waals surface area contributed by atoms with E-state index in [-0.39, 0.29) is 0 Å². The minimum Gasteiger partial charge on any atom is -0.374 e. The summed E-state index contributed by atoms with van der Waals surface area (Å²) in [4.78, 5) is 2.49. The van der Waals surface area contributed by atoms with Crippen LogP contribution in [0.1, 0.15) is 27.2 Å². The maximum atomic E-state index is 5.67. The van der Waals surface area contributed by atoms with E-state index in [1.54, 1.807) is 0 Å². The summed E-state index contributed by atoms with van der Waals surface area (Å²) in [6, 6.07) is 0.602. The highest BCUT2D eigenvalue weighted by Crippen LogP contribution is 2.15. The van der Waals surface area contributed by atoms with E-state index in [9.17, 15) is 0 Å². The minimum absolute atomic E-state index is 0.463. The van der Waals surface area contributed by atoms with E-state index in [1.165, 1.54) is 19.5 Å². The second-order valence-corrected chi connectivity index (χ2v) is 3.73. The van der Waals surface area contributed by atoms with Crippen molar-refractivity contribution in [2.24, 2.45) is 0 Å². The molecule has 0 aliphatic carbocycles.